The van der Waals surface area contributed by atoms with E-state index in [0.717, 1.165) is 22.3 Å². The van der Waals surface area contributed by atoms with Gasteiger partial charge < -0.3 is 10.4 Å². The van der Waals surface area contributed by atoms with Gasteiger partial charge in [0.15, 0.2) is 0 Å². The molecule has 1 amide bonds. The summed E-state index contributed by atoms with van der Waals surface area (Å²) in [4.78, 5) is 10.4. The van der Waals surface area contributed by atoms with Gasteiger partial charge in [0.25, 0.3) is 0 Å². The molecule has 84 valence electrons. The van der Waals surface area contributed by atoms with Gasteiger partial charge in [0.05, 0.1) is 0 Å². The standard InChI is InChI=1S/C14H11NO2/c16-8-15-9-5-6-11-10-3-1-2-4-12(10)14(17)13(11)7-9/h1-8,14,17H,(H,15,16)/t14-/m1/s1. The molecule has 0 unspecified atom stereocenters. The Labute approximate surface area is 98.7 Å². The zero-order valence-corrected chi connectivity index (χ0v) is 9.05. The quantitative estimate of drug-likeness (QED) is 0.770. The van der Waals surface area contributed by atoms with E-state index in [9.17, 15) is 9.90 Å². The summed E-state index contributed by atoms with van der Waals surface area (Å²) in [6, 6.07) is 13.4. The fraction of sp³-hybridized carbons (Fsp3) is 0.0714. The van der Waals surface area contributed by atoms with Gasteiger partial charge >= 0.3 is 0 Å². The van der Waals surface area contributed by atoms with E-state index in [1.54, 1.807) is 0 Å². The van der Waals surface area contributed by atoms with Crippen molar-refractivity contribution in [3.05, 3.63) is 53.6 Å². The van der Waals surface area contributed by atoms with Crippen LogP contribution in [-0.2, 0) is 4.79 Å². The number of benzene rings is 2. The predicted molar refractivity (Wildman–Crippen MR) is 65.6 cm³/mol. The summed E-state index contributed by atoms with van der Waals surface area (Å²) < 4.78 is 0. The van der Waals surface area contributed by atoms with Crippen molar-refractivity contribution in [2.75, 3.05) is 5.32 Å². The molecular weight excluding hydrogens is 214 g/mol. The Bertz CT molecular complexity index is 593. The van der Waals surface area contributed by atoms with E-state index in [-0.39, 0.29) is 0 Å². The molecule has 2 aromatic carbocycles. The van der Waals surface area contributed by atoms with Crippen LogP contribution >= 0.6 is 0 Å². The molecule has 1 aliphatic rings. The van der Waals surface area contributed by atoms with Gasteiger partial charge in [0.1, 0.15) is 6.10 Å². The Hall–Kier alpha value is -2.13. The molecule has 3 rings (SSSR count). The van der Waals surface area contributed by atoms with Crippen molar-refractivity contribution >= 4 is 12.1 Å². The van der Waals surface area contributed by atoms with E-state index in [1.807, 2.05) is 42.5 Å². The second-order valence-electron chi connectivity index (χ2n) is 4.05. The summed E-state index contributed by atoms with van der Waals surface area (Å²) >= 11 is 0. The first-order valence-corrected chi connectivity index (χ1v) is 5.43. The Kier molecular flexibility index (Phi) is 2.20. The number of anilines is 1. The van der Waals surface area contributed by atoms with Crippen molar-refractivity contribution in [2.24, 2.45) is 0 Å². The first kappa shape index (κ1) is 10.1. The lowest BCUT2D eigenvalue weighted by molar-refractivity contribution is -0.105. The van der Waals surface area contributed by atoms with Gasteiger partial charge in [-0.1, -0.05) is 30.3 Å². The van der Waals surface area contributed by atoms with Crippen LogP contribution in [0.4, 0.5) is 5.69 Å². The molecule has 0 heterocycles. The normalized spacial score (nSPS) is 16.2. The molecule has 17 heavy (non-hydrogen) atoms. The average Bonchev–Trinajstić information content (AvgIpc) is 2.65. The summed E-state index contributed by atoms with van der Waals surface area (Å²) in [5.41, 5.74) is 4.56. The van der Waals surface area contributed by atoms with Crippen LogP contribution in [0.2, 0.25) is 0 Å². The fourth-order valence-corrected chi connectivity index (χ4v) is 2.34. The van der Waals surface area contributed by atoms with Crippen molar-refractivity contribution in [2.45, 2.75) is 6.10 Å². The highest BCUT2D eigenvalue weighted by molar-refractivity contribution is 5.82. The summed E-state index contributed by atoms with van der Waals surface area (Å²) in [6.45, 7) is 0. The van der Waals surface area contributed by atoms with Crippen LogP contribution in [0.5, 0.6) is 0 Å². The minimum atomic E-state index is -0.602. The van der Waals surface area contributed by atoms with E-state index in [4.69, 9.17) is 0 Å². The Morgan fingerprint density at radius 1 is 1.06 bits per heavy atom. The van der Waals surface area contributed by atoms with Crippen LogP contribution < -0.4 is 5.32 Å². The minimum absolute atomic E-state index is 0.602. The molecule has 3 heteroatoms. The summed E-state index contributed by atoms with van der Waals surface area (Å²) in [6.07, 6.45) is 0.0329. The average molecular weight is 225 g/mol. The lowest BCUT2D eigenvalue weighted by Crippen LogP contribution is -1.97. The van der Waals surface area contributed by atoms with Gasteiger partial charge in [-0.2, -0.15) is 0 Å². The molecule has 0 aliphatic heterocycles. The maximum atomic E-state index is 10.4. The van der Waals surface area contributed by atoms with E-state index >= 15 is 0 Å². The summed E-state index contributed by atoms with van der Waals surface area (Å²) in [5.74, 6) is 0. The third kappa shape index (κ3) is 1.44. The predicted octanol–water partition coefficient (Wildman–Crippen LogP) is 2.32. The minimum Gasteiger partial charge on any atom is -0.384 e. The first-order chi connectivity index (χ1) is 8.31. The van der Waals surface area contributed by atoms with Gasteiger partial charge in [-0.15, -0.1) is 0 Å². The highest BCUT2D eigenvalue weighted by atomic mass is 16.3. The zero-order chi connectivity index (χ0) is 11.8. The van der Waals surface area contributed by atoms with Crippen molar-refractivity contribution < 1.29 is 9.90 Å². The van der Waals surface area contributed by atoms with Gasteiger partial charge in [0.2, 0.25) is 6.41 Å². The number of aliphatic hydroxyl groups excluding tert-OH is 1. The molecule has 0 bridgehead atoms. The van der Waals surface area contributed by atoms with Crippen molar-refractivity contribution in [3.8, 4) is 11.1 Å². The van der Waals surface area contributed by atoms with Gasteiger partial charge in [-0.05, 0) is 34.4 Å². The molecule has 2 N–H and O–H groups in total. The number of hydrogen-bond acceptors (Lipinski definition) is 2. The van der Waals surface area contributed by atoms with E-state index in [0.29, 0.717) is 12.1 Å². The largest absolute Gasteiger partial charge is 0.384 e. The van der Waals surface area contributed by atoms with Gasteiger partial charge in [0, 0.05) is 5.69 Å². The molecule has 3 nitrogen and oxygen atoms in total. The van der Waals surface area contributed by atoms with Crippen LogP contribution in [-0.4, -0.2) is 11.5 Å². The number of rotatable bonds is 2. The van der Waals surface area contributed by atoms with Gasteiger partial charge in [-0.3, -0.25) is 4.79 Å². The van der Waals surface area contributed by atoms with E-state index < -0.39 is 6.10 Å². The third-order valence-corrected chi connectivity index (χ3v) is 3.12. The van der Waals surface area contributed by atoms with Crippen molar-refractivity contribution in [1.82, 2.24) is 0 Å². The van der Waals surface area contributed by atoms with Crippen LogP contribution in [0.3, 0.4) is 0 Å². The number of carbonyl (C=O) groups excluding carboxylic acids is 1. The lowest BCUT2D eigenvalue weighted by Gasteiger charge is -2.06. The second kappa shape index (κ2) is 3.71. The molecule has 0 aromatic heterocycles. The smallest absolute Gasteiger partial charge is 0.211 e. The molecule has 1 aliphatic carbocycles. The highest BCUT2D eigenvalue weighted by Crippen LogP contribution is 2.43. The topological polar surface area (TPSA) is 49.3 Å². The number of fused-ring (bicyclic) bond motifs is 3. The Morgan fingerprint density at radius 2 is 1.82 bits per heavy atom. The third-order valence-electron chi connectivity index (χ3n) is 3.12. The first-order valence-electron chi connectivity index (χ1n) is 5.43. The molecule has 0 saturated heterocycles. The fourth-order valence-electron chi connectivity index (χ4n) is 2.34. The Balaban J connectivity index is 2.17. The summed E-state index contributed by atoms with van der Waals surface area (Å²) in [5, 5.41) is 12.8. The molecule has 0 fully saturated rings. The van der Waals surface area contributed by atoms with Crippen LogP contribution in [0.25, 0.3) is 11.1 Å². The summed E-state index contributed by atoms with van der Waals surface area (Å²) in [7, 11) is 0. The Morgan fingerprint density at radius 3 is 2.65 bits per heavy atom. The number of nitrogens with one attached hydrogen (secondary N) is 1. The van der Waals surface area contributed by atoms with Crippen molar-refractivity contribution in [1.29, 1.82) is 0 Å². The molecule has 0 radical (unpaired) electrons. The van der Waals surface area contributed by atoms with E-state index in [2.05, 4.69) is 5.32 Å². The van der Waals surface area contributed by atoms with Crippen LogP contribution in [0, 0.1) is 0 Å². The van der Waals surface area contributed by atoms with Gasteiger partial charge in [-0.25, -0.2) is 0 Å². The van der Waals surface area contributed by atoms with Crippen molar-refractivity contribution in [3.63, 3.8) is 0 Å². The number of aliphatic hydroxyl groups is 1. The number of amides is 1. The maximum absolute atomic E-state index is 10.4. The molecular formula is C14H11NO2. The number of carbonyl (C=O) groups is 1. The molecule has 1 atom stereocenters. The SMILES string of the molecule is O=CNc1ccc2c(c1)[C@H](O)c1ccccc1-2. The monoisotopic (exact) mass is 225 g/mol. The van der Waals surface area contributed by atoms with E-state index in [1.165, 1.54) is 0 Å². The molecule has 0 saturated carbocycles. The maximum Gasteiger partial charge on any atom is 0.211 e. The van der Waals surface area contributed by atoms with Crippen LogP contribution in [0.1, 0.15) is 17.2 Å². The molecule has 0 spiro atoms. The van der Waals surface area contributed by atoms with Crippen LogP contribution in [0.15, 0.2) is 42.5 Å². The second-order valence-corrected chi connectivity index (χ2v) is 4.05. The number of hydrogen-bond donors (Lipinski definition) is 2. The highest BCUT2D eigenvalue weighted by Gasteiger charge is 2.26. The molecule has 2 aromatic rings. The lowest BCUT2D eigenvalue weighted by atomic mass is 10.1. The zero-order valence-electron chi connectivity index (χ0n) is 9.05.